The molecule has 0 radical (unpaired) electrons. The van der Waals surface area contributed by atoms with E-state index < -0.39 is 5.91 Å². The number of hydrogen-bond donors (Lipinski definition) is 1. The fraction of sp³-hybridized carbons (Fsp3) is 0.500. The Kier molecular flexibility index (Phi) is 6.87. The van der Waals surface area contributed by atoms with E-state index in [1.54, 1.807) is 19.2 Å². The summed E-state index contributed by atoms with van der Waals surface area (Å²) in [6, 6.07) is 5.48. The Bertz CT molecular complexity index is 958. The molecule has 2 aromatic rings. The van der Waals surface area contributed by atoms with Gasteiger partial charge in [-0.25, -0.2) is 9.97 Å². The van der Waals surface area contributed by atoms with Gasteiger partial charge in [-0.2, -0.15) is 0 Å². The number of anilines is 1. The van der Waals surface area contributed by atoms with Gasteiger partial charge in [-0.15, -0.1) is 0 Å². The molecule has 8 heteroatoms. The molecule has 1 saturated carbocycles. The van der Waals surface area contributed by atoms with Crippen molar-refractivity contribution in [2.45, 2.75) is 57.5 Å². The molecule has 0 spiro atoms. The minimum absolute atomic E-state index is 0.142. The summed E-state index contributed by atoms with van der Waals surface area (Å²) < 4.78 is 5.51. The third-order valence-corrected chi connectivity index (χ3v) is 6.34. The molecular weight excluding hydrogens is 406 g/mol. The smallest absolute Gasteiger partial charge is 0.248 e. The molecule has 0 bridgehead atoms. The number of carbonyl (C=O) groups is 1. The Morgan fingerprint density at radius 3 is 2.44 bits per heavy atom. The highest BCUT2D eigenvalue weighted by molar-refractivity contribution is 5.93. The monoisotopic (exact) mass is 437 g/mol. The van der Waals surface area contributed by atoms with E-state index in [2.05, 4.69) is 20.0 Å². The molecule has 1 amide bonds. The zero-order valence-electron chi connectivity index (χ0n) is 18.8. The lowest BCUT2D eigenvalue weighted by atomic mass is 9.82. The molecule has 8 nitrogen and oxygen atoms in total. The summed E-state index contributed by atoms with van der Waals surface area (Å²) in [5.74, 6) is 1.45. The van der Waals surface area contributed by atoms with Gasteiger partial charge >= 0.3 is 0 Å². The third kappa shape index (κ3) is 5.18. The van der Waals surface area contributed by atoms with Crippen LogP contribution in [0.5, 0.6) is 5.75 Å². The Hall–Kier alpha value is -3.16. The maximum Gasteiger partial charge on any atom is 0.248 e. The molecule has 1 aromatic heterocycles. The highest BCUT2D eigenvalue weighted by Gasteiger charge is 2.25. The van der Waals surface area contributed by atoms with Gasteiger partial charge in [0, 0.05) is 43.9 Å². The number of aromatic nitrogens is 2. The van der Waals surface area contributed by atoms with Crippen molar-refractivity contribution in [1.82, 2.24) is 9.97 Å². The molecule has 0 atom stereocenters. The Balaban J connectivity index is 1.27. The van der Waals surface area contributed by atoms with Crippen molar-refractivity contribution in [2.24, 2.45) is 10.9 Å². The van der Waals surface area contributed by atoms with Gasteiger partial charge in [-0.1, -0.05) is 11.2 Å². The zero-order chi connectivity index (χ0) is 22.5. The number of primary amides is 1. The molecule has 4 rings (SSSR count). The van der Waals surface area contributed by atoms with Crippen LogP contribution in [0.25, 0.3) is 0 Å². The zero-order valence-corrected chi connectivity index (χ0v) is 18.8. The highest BCUT2D eigenvalue weighted by Crippen LogP contribution is 2.37. The molecule has 0 unspecified atom stereocenters. The van der Waals surface area contributed by atoms with Crippen molar-refractivity contribution in [3.8, 4) is 5.75 Å². The van der Waals surface area contributed by atoms with Gasteiger partial charge in [0.25, 0.3) is 0 Å². The summed E-state index contributed by atoms with van der Waals surface area (Å²) in [7, 11) is 1.63. The highest BCUT2D eigenvalue weighted by atomic mass is 16.6. The second-order valence-electron chi connectivity index (χ2n) is 8.60. The maximum atomic E-state index is 11.4. The van der Waals surface area contributed by atoms with Crippen LogP contribution in [0.2, 0.25) is 0 Å². The van der Waals surface area contributed by atoms with Crippen LogP contribution in [-0.4, -0.2) is 47.9 Å². The van der Waals surface area contributed by atoms with Crippen LogP contribution in [0, 0.1) is 6.92 Å². The first kappa shape index (κ1) is 22.0. The quantitative estimate of drug-likeness (QED) is 0.693. The van der Waals surface area contributed by atoms with E-state index in [4.69, 9.17) is 15.3 Å². The molecule has 170 valence electrons. The lowest BCUT2D eigenvalue weighted by Gasteiger charge is -2.31. The second kappa shape index (κ2) is 9.97. The standard InChI is InChI=1S/C24H31N5O3/c1-16-14-26-24(27-15-16)29-11-9-20(10-12-29)32-28-19-6-3-17(4-7-19)21-8-5-18(23(25)30)13-22(21)31-2/h5,8,13-15,17,20H,3-4,6-7,9-12H2,1-2H3,(H2,25,30). The van der Waals surface area contributed by atoms with E-state index in [1.807, 2.05) is 25.4 Å². The number of ether oxygens (including phenoxy) is 1. The fourth-order valence-electron chi connectivity index (χ4n) is 4.41. The van der Waals surface area contributed by atoms with Crippen molar-refractivity contribution in [3.05, 3.63) is 47.3 Å². The molecule has 2 aliphatic rings. The number of amides is 1. The number of aryl methyl sites for hydroxylation is 1. The lowest BCUT2D eigenvalue weighted by Crippen LogP contribution is -2.37. The molecule has 1 aliphatic carbocycles. The first-order valence-electron chi connectivity index (χ1n) is 11.3. The summed E-state index contributed by atoms with van der Waals surface area (Å²) >= 11 is 0. The Morgan fingerprint density at radius 1 is 1.12 bits per heavy atom. The first-order valence-corrected chi connectivity index (χ1v) is 11.3. The summed E-state index contributed by atoms with van der Waals surface area (Å²) in [6.07, 6.45) is 9.46. The van der Waals surface area contributed by atoms with E-state index in [1.165, 1.54) is 0 Å². The minimum atomic E-state index is -0.442. The number of nitrogens with zero attached hydrogens (tertiary/aromatic N) is 4. The van der Waals surface area contributed by atoms with Crippen LogP contribution in [0.3, 0.4) is 0 Å². The number of methoxy groups -OCH3 is 1. The predicted octanol–water partition coefficient (Wildman–Crippen LogP) is 3.59. The van der Waals surface area contributed by atoms with Crippen molar-refractivity contribution in [3.63, 3.8) is 0 Å². The van der Waals surface area contributed by atoms with Gasteiger partial charge in [0.2, 0.25) is 11.9 Å². The van der Waals surface area contributed by atoms with Crippen LogP contribution >= 0.6 is 0 Å². The Labute approximate surface area is 188 Å². The molecular formula is C24H31N5O3. The van der Waals surface area contributed by atoms with E-state index in [9.17, 15) is 4.79 Å². The molecule has 2 heterocycles. The molecule has 1 saturated heterocycles. The average Bonchev–Trinajstić information content (AvgIpc) is 2.83. The topological polar surface area (TPSA) is 103 Å². The number of piperidine rings is 1. The van der Waals surface area contributed by atoms with Gasteiger partial charge in [0.1, 0.15) is 11.9 Å². The lowest BCUT2D eigenvalue weighted by molar-refractivity contribution is 0.0406. The van der Waals surface area contributed by atoms with Crippen LogP contribution in [0.4, 0.5) is 5.95 Å². The van der Waals surface area contributed by atoms with Crippen molar-refractivity contribution in [2.75, 3.05) is 25.1 Å². The van der Waals surface area contributed by atoms with Gasteiger partial charge in [-0.05, 0) is 61.8 Å². The van der Waals surface area contributed by atoms with Gasteiger partial charge in [0.15, 0.2) is 0 Å². The summed E-state index contributed by atoms with van der Waals surface area (Å²) in [5, 5.41) is 4.50. The third-order valence-electron chi connectivity index (χ3n) is 6.34. The van der Waals surface area contributed by atoms with E-state index in [0.29, 0.717) is 11.5 Å². The van der Waals surface area contributed by atoms with Gasteiger partial charge < -0.3 is 20.2 Å². The number of nitrogens with two attached hydrogens (primary N) is 1. The number of carbonyl (C=O) groups excluding carboxylic acids is 1. The van der Waals surface area contributed by atoms with Gasteiger partial charge in [-0.3, -0.25) is 4.79 Å². The Morgan fingerprint density at radius 2 is 1.81 bits per heavy atom. The summed E-state index contributed by atoms with van der Waals surface area (Å²) in [6.45, 7) is 3.75. The molecule has 2 N–H and O–H groups in total. The van der Waals surface area contributed by atoms with E-state index >= 15 is 0 Å². The fourth-order valence-corrected chi connectivity index (χ4v) is 4.41. The molecule has 32 heavy (non-hydrogen) atoms. The largest absolute Gasteiger partial charge is 0.496 e. The van der Waals surface area contributed by atoms with E-state index in [0.717, 1.165) is 80.2 Å². The van der Waals surface area contributed by atoms with Crippen LogP contribution in [0.1, 0.15) is 65.9 Å². The number of hydrogen-bond acceptors (Lipinski definition) is 7. The predicted molar refractivity (Wildman–Crippen MR) is 123 cm³/mol. The molecule has 1 aromatic carbocycles. The number of rotatable bonds is 6. The summed E-state index contributed by atoms with van der Waals surface area (Å²) in [4.78, 5) is 28.4. The number of benzene rings is 1. The van der Waals surface area contributed by atoms with Crippen LogP contribution in [-0.2, 0) is 4.84 Å². The second-order valence-corrected chi connectivity index (χ2v) is 8.60. The number of oxime groups is 1. The maximum absolute atomic E-state index is 11.4. The first-order chi connectivity index (χ1) is 15.5. The SMILES string of the molecule is COc1cc(C(N)=O)ccc1C1CCC(=NOC2CCN(c3ncc(C)cn3)CC2)CC1. The van der Waals surface area contributed by atoms with Crippen molar-refractivity contribution in [1.29, 1.82) is 0 Å². The average molecular weight is 438 g/mol. The minimum Gasteiger partial charge on any atom is -0.496 e. The molecule has 1 aliphatic heterocycles. The van der Waals surface area contributed by atoms with Crippen LogP contribution in [0.15, 0.2) is 35.7 Å². The van der Waals surface area contributed by atoms with Crippen molar-refractivity contribution >= 4 is 17.6 Å². The van der Waals surface area contributed by atoms with E-state index in [-0.39, 0.29) is 6.10 Å². The van der Waals surface area contributed by atoms with Gasteiger partial charge in [0.05, 0.1) is 12.8 Å². The normalized spacial score (nSPS) is 19.5. The van der Waals surface area contributed by atoms with Crippen LogP contribution < -0.4 is 15.4 Å². The summed E-state index contributed by atoms with van der Waals surface area (Å²) in [5.41, 5.74) is 9.18. The van der Waals surface area contributed by atoms with Crippen molar-refractivity contribution < 1.29 is 14.4 Å². The molecule has 2 fully saturated rings.